The highest BCUT2D eigenvalue weighted by atomic mass is 16.6. The van der Waals surface area contributed by atoms with E-state index in [-0.39, 0.29) is 5.69 Å². The lowest BCUT2D eigenvalue weighted by atomic mass is 10.1. The second kappa shape index (κ2) is 7.03. The number of aromatic nitrogens is 1. The second-order valence-corrected chi connectivity index (χ2v) is 6.15. The number of nitrogens with zero attached hydrogens (tertiary/aromatic N) is 2. The molecule has 0 atom stereocenters. The van der Waals surface area contributed by atoms with Gasteiger partial charge in [-0.1, -0.05) is 12.1 Å². The van der Waals surface area contributed by atoms with Crippen molar-refractivity contribution in [3.05, 3.63) is 70.8 Å². The topological polar surface area (TPSA) is 86.5 Å². The number of non-ortho nitro benzene ring substituents is 1. The minimum Gasteiger partial charge on any atom is -0.497 e. The van der Waals surface area contributed by atoms with E-state index in [9.17, 15) is 10.1 Å². The number of fused-ring (bicyclic) bond motifs is 2. The standard InChI is InChI=1S/C21H17N3O4/c1-27-14-8-10-17-16(12-14)21(23-18-5-3-4-6-20(18)28-2)15-9-7-13(24(25)26)11-19(15)22-17/h3-12H,1-2H3,(H,22,23). The molecule has 7 nitrogen and oxygen atoms in total. The number of pyridine rings is 1. The highest BCUT2D eigenvalue weighted by molar-refractivity contribution is 6.09. The normalized spacial score (nSPS) is 10.8. The number of rotatable bonds is 5. The minimum atomic E-state index is -0.424. The van der Waals surface area contributed by atoms with Crippen LogP contribution in [0.5, 0.6) is 11.5 Å². The van der Waals surface area contributed by atoms with Gasteiger partial charge in [-0.25, -0.2) is 4.98 Å². The Hall–Kier alpha value is -3.87. The molecule has 1 aromatic heterocycles. The van der Waals surface area contributed by atoms with Gasteiger partial charge in [0.05, 0.1) is 41.6 Å². The van der Waals surface area contributed by atoms with Crippen LogP contribution in [0.25, 0.3) is 21.8 Å². The molecule has 0 unspecified atom stereocenters. The number of methoxy groups -OCH3 is 2. The van der Waals surface area contributed by atoms with Gasteiger partial charge in [0.2, 0.25) is 0 Å². The summed E-state index contributed by atoms with van der Waals surface area (Å²) in [5, 5.41) is 16.2. The molecule has 0 radical (unpaired) electrons. The fraction of sp³-hybridized carbons (Fsp3) is 0.0952. The Morgan fingerprint density at radius 1 is 0.929 bits per heavy atom. The first-order valence-electron chi connectivity index (χ1n) is 8.56. The van der Waals surface area contributed by atoms with Gasteiger partial charge in [-0.2, -0.15) is 0 Å². The molecule has 1 N–H and O–H groups in total. The maximum absolute atomic E-state index is 11.2. The van der Waals surface area contributed by atoms with Crippen LogP contribution in [-0.4, -0.2) is 24.1 Å². The van der Waals surface area contributed by atoms with Crippen LogP contribution in [0.2, 0.25) is 0 Å². The van der Waals surface area contributed by atoms with E-state index in [1.54, 1.807) is 20.3 Å². The molecule has 0 aliphatic rings. The van der Waals surface area contributed by atoms with Crippen LogP contribution in [-0.2, 0) is 0 Å². The van der Waals surface area contributed by atoms with Crippen LogP contribution in [0.3, 0.4) is 0 Å². The fourth-order valence-corrected chi connectivity index (χ4v) is 3.17. The summed E-state index contributed by atoms with van der Waals surface area (Å²) in [4.78, 5) is 15.4. The average molecular weight is 375 g/mol. The molecule has 0 bridgehead atoms. The van der Waals surface area contributed by atoms with Crippen LogP contribution < -0.4 is 14.8 Å². The number of nitrogens with one attached hydrogen (secondary N) is 1. The quantitative estimate of drug-likeness (QED) is 0.298. The van der Waals surface area contributed by atoms with Crippen molar-refractivity contribution in [2.75, 3.05) is 19.5 Å². The van der Waals surface area contributed by atoms with E-state index in [4.69, 9.17) is 9.47 Å². The molecule has 3 aromatic carbocycles. The van der Waals surface area contributed by atoms with Gasteiger partial charge in [-0.15, -0.1) is 0 Å². The summed E-state index contributed by atoms with van der Waals surface area (Å²) in [7, 11) is 3.21. The SMILES string of the molecule is COc1ccc2nc3cc([N+](=O)[O-])ccc3c(Nc3ccccc3OC)c2c1. The summed E-state index contributed by atoms with van der Waals surface area (Å²) in [6, 6.07) is 17.8. The van der Waals surface area contributed by atoms with Gasteiger partial charge < -0.3 is 14.8 Å². The lowest BCUT2D eigenvalue weighted by Gasteiger charge is -2.16. The molecule has 1 heterocycles. The van der Waals surface area contributed by atoms with E-state index >= 15 is 0 Å². The zero-order chi connectivity index (χ0) is 19.7. The monoisotopic (exact) mass is 375 g/mol. The van der Waals surface area contributed by atoms with Crippen LogP contribution in [0.1, 0.15) is 0 Å². The Bertz CT molecular complexity index is 1210. The predicted molar refractivity (Wildman–Crippen MR) is 109 cm³/mol. The highest BCUT2D eigenvalue weighted by Gasteiger charge is 2.15. The first-order valence-corrected chi connectivity index (χ1v) is 8.56. The first kappa shape index (κ1) is 17.5. The Morgan fingerprint density at radius 3 is 2.50 bits per heavy atom. The van der Waals surface area contributed by atoms with E-state index in [0.29, 0.717) is 22.5 Å². The summed E-state index contributed by atoms with van der Waals surface area (Å²) >= 11 is 0. The van der Waals surface area contributed by atoms with Gasteiger partial charge in [-0.3, -0.25) is 10.1 Å². The Kier molecular flexibility index (Phi) is 4.41. The summed E-state index contributed by atoms with van der Waals surface area (Å²) in [6.45, 7) is 0. The van der Waals surface area contributed by atoms with Gasteiger partial charge in [0.25, 0.3) is 5.69 Å². The van der Waals surface area contributed by atoms with Crippen molar-refractivity contribution in [1.29, 1.82) is 0 Å². The van der Waals surface area contributed by atoms with E-state index in [1.165, 1.54) is 12.1 Å². The summed E-state index contributed by atoms with van der Waals surface area (Å²) < 4.78 is 10.8. The Labute approximate surface area is 160 Å². The third kappa shape index (κ3) is 3.03. The minimum absolute atomic E-state index is 0.00361. The third-order valence-electron chi connectivity index (χ3n) is 4.54. The molecule has 28 heavy (non-hydrogen) atoms. The number of hydrogen-bond acceptors (Lipinski definition) is 6. The van der Waals surface area contributed by atoms with Crippen LogP contribution in [0.15, 0.2) is 60.7 Å². The van der Waals surface area contributed by atoms with E-state index in [1.807, 2.05) is 42.5 Å². The number of hydrogen-bond donors (Lipinski definition) is 1. The Balaban J connectivity index is 2.01. The van der Waals surface area contributed by atoms with Crippen molar-refractivity contribution >= 4 is 38.9 Å². The lowest BCUT2D eigenvalue weighted by Crippen LogP contribution is -1.98. The van der Waals surface area contributed by atoms with Crippen molar-refractivity contribution in [3.63, 3.8) is 0 Å². The lowest BCUT2D eigenvalue weighted by molar-refractivity contribution is -0.384. The molecule has 0 saturated heterocycles. The molecule has 7 heteroatoms. The molecule has 0 aliphatic heterocycles. The fourth-order valence-electron chi connectivity index (χ4n) is 3.17. The predicted octanol–water partition coefficient (Wildman–Crippen LogP) is 5.06. The summed E-state index contributed by atoms with van der Waals surface area (Å²) in [5.41, 5.74) is 2.78. The van der Waals surface area contributed by atoms with Crippen LogP contribution >= 0.6 is 0 Å². The van der Waals surface area contributed by atoms with Gasteiger partial charge >= 0.3 is 0 Å². The molecule has 0 amide bonds. The smallest absolute Gasteiger partial charge is 0.271 e. The number of benzene rings is 3. The van der Waals surface area contributed by atoms with Gasteiger partial charge in [0.1, 0.15) is 11.5 Å². The number of nitro benzene ring substituents is 1. The van der Waals surface area contributed by atoms with E-state index < -0.39 is 4.92 Å². The van der Waals surface area contributed by atoms with E-state index in [2.05, 4.69) is 10.3 Å². The summed E-state index contributed by atoms with van der Waals surface area (Å²) in [6.07, 6.45) is 0. The second-order valence-electron chi connectivity index (χ2n) is 6.15. The average Bonchev–Trinajstić information content (AvgIpc) is 2.73. The first-order chi connectivity index (χ1) is 13.6. The van der Waals surface area contributed by atoms with Gasteiger partial charge in [-0.05, 0) is 36.4 Å². The van der Waals surface area contributed by atoms with Crippen molar-refractivity contribution < 1.29 is 14.4 Å². The molecule has 0 aliphatic carbocycles. The molecule has 4 rings (SSSR count). The number of para-hydroxylation sites is 2. The summed E-state index contributed by atoms with van der Waals surface area (Å²) in [5.74, 6) is 1.38. The number of ether oxygens (including phenoxy) is 2. The van der Waals surface area contributed by atoms with Crippen molar-refractivity contribution in [1.82, 2.24) is 4.98 Å². The molecule has 4 aromatic rings. The van der Waals surface area contributed by atoms with Gasteiger partial charge in [0.15, 0.2) is 0 Å². The largest absolute Gasteiger partial charge is 0.497 e. The van der Waals surface area contributed by atoms with Gasteiger partial charge in [0, 0.05) is 22.9 Å². The molecular formula is C21H17N3O4. The van der Waals surface area contributed by atoms with Crippen molar-refractivity contribution in [2.45, 2.75) is 0 Å². The molecule has 0 fully saturated rings. The molecule has 0 saturated carbocycles. The zero-order valence-corrected chi connectivity index (χ0v) is 15.3. The maximum atomic E-state index is 11.2. The maximum Gasteiger partial charge on any atom is 0.271 e. The number of anilines is 2. The van der Waals surface area contributed by atoms with Crippen molar-refractivity contribution in [2.24, 2.45) is 0 Å². The zero-order valence-electron chi connectivity index (χ0n) is 15.3. The number of nitro groups is 1. The molecular weight excluding hydrogens is 358 g/mol. The molecule has 0 spiro atoms. The van der Waals surface area contributed by atoms with E-state index in [0.717, 1.165) is 22.1 Å². The van der Waals surface area contributed by atoms with Crippen LogP contribution in [0, 0.1) is 10.1 Å². The Morgan fingerprint density at radius 2 is 1.75 bits per heavy atom. The molecule has 140 valence electrons. The van der Waals surface area contributed by atoms with Crippen LogP contribution in [0.4, 0.5) is 17.1 Å². The third-order valence-corrected chi connectivity index (χ3v) is 4.54. The highest BCUT2D eigenvalue weighted by Crippen LogP contribution is 2.38. The van der Waals surface area contributed by atoms with Crippen molar-refractivity contribution in [3.8, 4) is 11.5 Å².